The minimum atomic E-state index is -2.70. The van der Waals surface area contributed by atoms with Crippen LogP contribution in [0, 0.1) is 0 Å². The lowest BCUT2D eigenvalue weighted by atomic mass is 10.1. The van der Waals surface area contributed by atoms with Crippen LogP contribution in [0.5, 0.6) is 0 Å². The van der Waals surface area contributed by atoms with Gasteiger partial charge in [-0.1, -0.05) is 13.8 Å². The molecule has 0 amide bonds. The summed E-state index contributed by atoms with van der Waals surface area (Å²) < 4.78 is 26.9. The Kier molecular flexibility index (Phi) is 13.2. The molecule has 0 saturated carbocycles. The number of rotatable bonds is 9. The van der Waals surface area contributed by atoms with Crippen molar-refractivity contribution in [2.75, 3.05) is 13.2 Å². The highest BCUT2D eigenvalue weighted by Gasteiger charge is 2.44. The van der Waals surface area contributed by atoms with Gasteiger partial charge in [0.1, 0.15) is 12.5 Å². The SMILES string of the molecule is CCC(CC)OC(=O)CC(=O)O.CCOC(=O)C(C)(F)C(=O)OCC. The van der Waals surface area contributed by atoms with E-state index in [1.54, 1.807) is 0 Å². The molecule has 0 aromatic heterocycles. The first-order valence-electron chi connectivity index (χ1n) is 8.01. The van der Waals surface area contributed by atoms with Crippen LogP contribution in [-0.4, -0.2) is 54.0 Å². The van der Waals surface area contributed by atoms with Crippen LogP contribution >= 0.6 is 0 Å². The van der Waals surface area contributed by atoms with Crippen molar-refractivity contribution in [2.45, 2.75) is 65.7 Å². The largest absolute Gasteiger partial charge is 0.481 e. The normalized spacial score (nSPS) is 10.4. The highest BCUT2D eigenvalue weighted by Crippen LogP contribution is 2.14. The quantitative estimate of drug-likeness (QED) is 0.374. The Bertz CT molecular complexity index is 423. The number of aliphatic carboxylic acids is 1. The molecule has 0 spiro atoms. The van der Waals surface area contributed by atoms with Gasteiger partial charge in [0.15, 0.2) is 0 Å². The van der Waals surface area contributed by atoms with E-state index < -0.39 is 36.0 Å². The van der Waals surface area contributed by atoms with Crippen molar-refractivity contribution < 1.29 is 42.9 Å². The molecule has 0 atom stereocenters. The molecule has 0 fully saturated rings. The van der Waals surface area contributed by atoms with Crippen molar-refractivity contribution in [3.63, 3.8) is 0 Å². The number of halogens is 1. The van der Waals surface area contributed by atoms with E-state index in [9.17, 15) is 23.6 Å². The highest BCUT2D eigenvalue weighted by atomic mass is 19.1. The second-order valence-electron chi connectivity index (χ2n) is 4.94. The van der Waals surface area contributed by atoms with Crippen molar-refractivity contribution in [2.24, 2.45) is 0 Å². The zero-order valence-corrected chi connectivity index (χ0v) is 15.3. The van der Waals surface area contributed by atoms with Gasteiger partial charge >= 0.3 is 23.9 Å². The molecule has 0 aliphatic heterocycles. The van der Waals surface area contributed by atoms with Gasteiger partial charge in [0.25, 0.3) is 5.67 Å². The zero-order valence-electron chi connectivity index (χ0n) is 15.3. The molecular weight excluding hydrogens is 339 g/mol. The van der Waals surface area contributed by atoms with E-state index in [1.165, 1.54) is 13.8 Å². The number of alkyl halides is 1. The lowest BCUT2D eigenvalue weighted by Crippen LogP contribution is -2.42. The third-order valence-corrected chi connectivity index (χ3v) is 2.82. The molecule has 146 valence electrons. The number of carboxylic acids is 1. The van der Waals surface area contributed by atoms with Crippen molar-refractivity contribution in [3.05, 3.63) is 0 Å². The van der Waals surface area contributed by atoms with E-state index in [0.717, 1.165) is 19.8 Å². The van der Waals surface area contributed by atoms with Gasteiger partial charge in [0, 0.05) is 0 Å². The maximum atomic E-state index is 13.3. The van der Waals surface area contributed by atoms with Crippen LogP contribution in [0.25, 0.3) is 0 Å². The number of carbonyl (C=O) groups excluding carboxylic acids is 3. The second-order valence-corrected chi connectivity index (χ2v) is 4.94. The summed E-state index contributed by atoms with van der Waals surface area (Å²) in [6, 6.07) is 0. The Hall–Kier alpha value is -2.19. The van der Waals surface area contributed by atoms with Crippen molar-refractivity contribution in [1.29, 1.82) is 0 Å². The molecule has 0 unspecified atom stereocenters. The Morgan fingerprint density at radius 2 is 1.36 bits per heavy atom. The van der Waals surface area contributed by atoms with E-state index in [4.69, 9.17) is 9.84 Å². The van der Waals surface area contributed by atoms with E-state index in [0.29, 0.717) is 0 Å². The molecule has 0 radical (unpaired) electrons. The van der Waals surface area contributed by atoms with E-state index in [2.05, 4.69) is 9.47 Å². The molecule has 0 aliphatic carbocycles. The predicted octanol–water partition coefficient (Wildman–Crippen LogP) is 2.03. The first-order chi connectivity index (χ1) is 11.6. The molecule has 8 nitrogen and oxygen atoms in total. The summed E-state index contributed by atoms with van der Waals surface area (Å²) in [5.74, 6) is -4.23. The topological polar surface area (TPSA) is 116 Å². The monoisotopic (exact) mass is 366 g/mol. The summed E-state index contributed by atoms with van der Waals surface area (Å²) in [5.41, 5.74) is -2.70. The zero-order chi connectivity index (χ0) is 20.0. The van der Waals surface area contributed by atoms with Crippen LogP contribution in [0.1, 0.15) is 53.9 Å². The van der Waals surface area contributed by atoms with Crippen LogP contribution in [0.2, 0.25) is 0 Å². The van der Waals surface area contributed by atoms with Gasteiger partial charge in [-0.2, -0.15) is 0 Å². The maximum absolute atomic E-state index is 13.3. The van der Waals surface area contributed by atoms with Crippen LogP contribution in [0.4, 0.5) is 4.39 Å². The molecule has 0 aliphatic rings. The number of carbonyl (C=O) groups is 4. The van der Waals surface area contributed by atoms with Crippen molar-refractivity contribution in [1.82, 2.24) is 0 Å². The number of hydrogen-bond acceptors (Lipinski definition) is 7. The molecule has 0 bridgehead atoms. The lowest BCUT2D eigenvalue weighted by Gasteiger charge is -2.15. The molecular formula is C16H27FO8. The van der Waals surface area contributed by atoms with Crippen molar-refractivity contribution in [3.8, 4) is 0 Å². The minimum Gasteiger partial charge on any atom is -0.481 e. The van der Waals surface area contributed by atoms with Gasteiger partial charge < -0.3 is 19.3 Å². The number of esters is 3. The molecule has 25 heavy (non-hydrogen) atoms. The van der Waals surface area contributed by atoms with Crippen LogP contribution in [0.15, 0.2) is 0 Å². The highest BCUT2D eigenvalue weighted by molar-refractivity contribution is 6.02. The average Bonchev–Trinajstić information content (AvgIpc) is 2.52. The molecule has 9 heteroatoms. The molecule has 0 rings (SSSR count). The number of ether oxygens (including phenoxy) is 3. The summed E-state index contributed by atoms with van der Waals surface area (Å²) in [7, 11) is 0. The van der Waals surface area contributed by atoms with Crippen LogP contribution in [0.3, 0.4) is 0 Å². The summed E-state index contributed by atoms with van der Waals surface area (Å²) in [6.07, 6.45) is 0.761. The molecule has 0 aromatic rings. The maximum Gasteiger partial charge on any atom is 0.355 e. The fourth-order valence-electron chi connectivity index (χ4n) is 1.42. The van der Waals surface area contributed by atoms with Crippen LogP contribution in [-0.2, 0) is 33.4 Å². The van der Waals surface area contributed by atoms with E-state index >= 15 is 0 Å². The van der Waals surface area contributed by atoms with E-state index in [1.807, 2.05) is 13.8 Å². The first kappa shape index (κ1) is 25.1. The minimum absolute atomic E-state index is 0.0255. The Morgan fingerprint density at radius 1 is 0.960 bits per heavy atom. The predicted molar refractivity (Wildman–Crippen MR) is 85.5 cm³/mol. The molecule has 0 aromatic carbocycles. The summed E-state index contributed by atoms with van der Waals surface area (Å²) in [5, 5.41) is 8.24. The summed E-state index contributed by atoms with van der Waals surface area (Å²) >= 11 is 0. The first-order valence-corrected chi connectivity index (χ1v) is 8.01. The van der Waals surface area contributed by atoms with Crippen molar-refractivity contribution >= 4 is 23.9 Å². The Balaban J connectivity index is 0. The fraction of sp³-hybridized carbons (Fsp3) is 0.750. The van der Waals surface area contributed by atoms with E-state index in [-0.39, 0.29) is 19.3 Å². The second kappa shape index (κ2) is 13.1. The molecule has 0 saturated heterocycles. The standard InChI is InChI=1S/C8H13FO4.C8H14O4/c1-4-12-6(10)8(3,9)7(11)13-5-2;1-3-6(4-2)12-8(11)5-7(9)10/h4-5H2,1-3H3;6H,3-5H2,1-2H3,(H,9,10). The fourth-order valence-corrected chi connectivity index (χ4v) is 1.42. The van der Waals surface area contributed by atoms with Gasteiger partial charge in [-0.25, -0.2) is 14.0 Å². The molecule has 1 N–H and O–H groups in total. The van der Waals surface area contributed by atoms with Gasteiger partial charge in [0.2, 0.25) is 0 Å². The molecule has 0 heterocycles. The van der Waals surface area contributed by atoms with Gasteiger partial charge in [0.05, 0.1) is 13.2 Å². The average molecular weight is 366 g/mol. The van der Waals surface area contributed by atoms with Gasteiger partial charge in [-0.05, 0) is 33.6 Å². The number of hydrogen-bond donors (Lipinski definition) is 1. The Labute approximate surface area is 146 Å². The third-order valence-electron chi connectivity index (χ3n) is 2.82. The number of carboxylic acid groups (broad SMARTS) is 1. The summed E-state index contributed by atoms with van der Waals surface area (Å²) in [4.78, 5) is 42.6. The summed E-state index contributed by atoms with van der Waals surface area (Å²) in [6.45, 7) is 7.71. The third kappa shape index (κ3) is 11.1. The van der Waals surface area contributed by atoms with Gasteiger partial charge in [-0.15, -0.1) is 0 Å². The lowest BCUT2D eigenvalue weighted by molar-refractivity contribution is -0.172. The Morgan fingerprint density at radius 3 is 1.64 bits per heavy atom. The van der Waals surface area contributed by atoms with Crippen LogP contribution < -0.4 is 0 Å². The smallest absolute Gasteiger partial charge is 0.355 e. The van der Waals surface area contributed by atoms with Gasteiger partial charge in [-0.3, -0.25) is 9.59 Å².